The first kappa shape index (κ1) is 19.0. The van der Waals surface area contributed by atoms with Crippen molar-refractivity contribution in [3.05, 3.63) is 65.5 Å². The van der Waals surface area contributed by atoms with Crippen LogP contribution in [0.1, 0.15) is 21.7 Å². The predicted molar refractivity (Wildman–Crippen MR) is 105 cm³/mol. The molecule has 7 heteroatoms. The van der Waals surface area contributed by atoms with E-state index in [0.29, 0.717) is 5.56 Å². The fourth-order valence-corrected chi connectivity index (χ4v) is 3.21. The van der Waals surface area contributed by atoms with Crippen LogP contribution in [0.25, 0.3) is 11.0 Å². The molecule has 3 rings (SSSR count). The maximum Gasteiger partial charge on any atom is 0.337 e. The van der Waals surface area contributed by atoms with Crippen LogP contribution in [0, 0.1) is 0 Å². The molecular formula is C20H20N2O4S. The summed E-state index contributed by atoms with van der Waals surface area (Å²) in [5, 5.41) is 0. The molecule has 0 spiro atoms. The summed E-state index contributed by atoms with van der Waals surface area (Å²) in [6, 6.07) is 14.5. The monoisotopic (exact) mass is 384 g/mol. The van der Waals surface area contributed by atoms with E-state index in [2.05, 4.69) is 9.72 Å². The van der Waals surface area contributed by atoms with Crippen LogP contribution in [-0.2, 0) is 33.2 Å². The molecule has 0 saturated heterocycles. The minimum atomic E-state index is -0.396. The second-order valence-electron chi connectivity index (χ2n) is 5.89. The number of thioether (sulfide) groups is 1. The third-order valence-electron chi connectivity index (χ3n) is 4.07. The highest BCUT2D eigenvalue weighted by atomic mass is 32.2. The Morgan fingerprint density at radius 2 is 1.85 bits per heavy atom. The number of carbonyl (C=O) groups excluding carboxylic acids is 2. The average Bonchev–Trinajstić information content (AvgIpc) is 3.04. The second-order valence-corrected chi connectivity index (χ2v) is 6.75. The molecule has 0 unspecified atom stereocenters. The van der Waals surface area contributed by atoms with Crippen molar-refractivity contribution in [1.82, 2.24) is 9.55 Å². The molecular weight excluding hydrogens is 364 g/mol. The van der Waals surface area contributed by atoms with Gasteiger partial charge in [0.15, 0.2) is 0 Å². The summed E-state index contributed by atoms with van der Waals surface area (Å²) < 4.78 is 12.0. The summed E-state index contributed by atoms with van der Waals surface area (Å²) in [6.45, 7) is 0.251. The number of carbonyl (C=O) groups is 2. The summed E-state index contributed by atoms with van der Waals surface area (Å²) >= 11 is 1.65. The van der Waals surface area contributed by atoms with Crippen molar-refractivity contribution in [2.24, 2.45) is 0 Å². The Balaban J connectivity index is 1.67. The van der Waals surface area contributed by atoms with E-state index in [4.69, 9.17) is 4.74 Å². The Kier molecular flexibility index (Phi) is 6.13. The van der Waals surface area contributed by atoms with Gasteiger partial charge in [0, 0.05) is 0 Å². The van der Waals surface area contributed by atoms with Crippen LogP contribution in [0.5, 0.6) is 0 Å². The number of hydrogen-bond donors (Lipinski definition) is 0. The number of ether oxygens (including phenoxy) is 2. The molecule has 0 saturated carbocycles. The number of esters is 2. The van der Waals surface area contributed by atoms with Gasteiger partial charge in [-0.3, -0.25) is 4.79 Å². The maximum atomic E-state index is 12.4. The highest BCUT2D eigenvalue weighted by molar-refractivity contribution is 7.97. The van der Waals surface area contributed by atoms with E-state index >= 15 is 0 Å². The summed E-state index contributed by atoms with van der Waals surface area (Å²) in [5.74, 6) is 0.837. The van der Waals surface area contributed by atoms with E-state index in [0.717, 1.165) is 28.2 Å². The molecule has 6 nitrogen and oxygen atoms in total. The van der Waals surface area contributed by atoms with E-state index in [1.54, 1.807) is 36.0 Å². The first-order valence-electron chi connectivity index (χ1n) is 8.38. The van der Waals surface area contributed by atoms with E-state index < -0.39 is 5.97 Å². The number of fused-ring (bicyclic) bond motifs is 1. The SMILES string of the molecule is COC(=O)c1ccc(COC(=O)Cn2c(CSC)nc3ccccc32)cc1. The number of benzene rings is 2. The van der Waals surface area contributed by atoms with Crippen LogP contribution < -0.4 is 0 Å². The standard InChI is InChI=1S/C20H20N2O4S/c1-25-20(24)15-9-7-14(8-10-15)12-26-19(23)11-22-17-6-4-3-5-16(17)21-18(22)13-27-2/h3-10H,11-13H2,1-2H3. The van der Waals surface area contributed by atoms with Crippen molar-refractivity contribution in [2.75, 3.05) is 13.4 Å². The first-order chi connectivity index (χ1) is 13.1. The molecule has 1 heterocycles. The largest absolute Gasteiger partial charge is 0.465 e. The van der Waals surface area contributed by atoms with Crippen LogP contribution in [0.15, 0.2) is 48.5 Å². The molecule has 27 heavy (non-hydrogen) atoms. The molecule has 1 aromatic heterocycles. The predicted octanol–water partition coefficient (Wildman–Crippen LogP) is 3.43. The van der Waals surface area contributed by atoms with Crippen molar-refractivity contribution in [1.29, 1.82) is 0 Å². The number of imidazole rings is 1. The Morgan fingerprint density at radius 3 is 2.56 bits per heavy atom. The van der Waals surface area contributed by atoms with E-state index in [9.17, 15) is 9.59 Å². The first-order valence-corrected chi connectivity index (χ1v) is 9.77. The fourth-order valence-electron chi connectivity index (χ4n) is 2.73. The topological polar surface area (TPSA) is 70.4 Å². The van der Waals surface area contributed by atoms with Crippen LogP contribution in [-0.4, -0.2) is 34.9 Å². The summed E-state index contributed by atoms with van der Waals surface area (Å²) in [5.41, 5.74) is 3.05. The molecule has 0 atom stereocenters. The molecule has 0 bridgehead atoms. The normalized spacial score (nSPS) is 10.7. The number of rotatable bonds is 7. The third-order valence-corrected chi connectivity index (χ3v) is 4.62. The Morgan fingerprint density at radius 1 is 1.11 bits per heavy atom. The minimum Gasteiger partial charge on any atom is -0.465 e. The zero-order valence-electron chi connectivity index (χ0n) is 15.2. The second kappa shape index (κ2) is 8.73. The van der Waals surface area contributed by atoms with Gasteiger partial charge in [-0.2, -0.15) is 11.8 Å². The quantitative estimate of drug-likeness (QED) is 0.581. The van der Waals surface area contributed by atoms with Gasteiger partial charge in [0.05, 0.1) is 29.5 Å². The van der Waals surface area contributed by atoms with Gasteiger partial charge >= 0.3 is 11.9 Å². The molecule has 0 aliphatic carbocycles. The summed E-state index contributed by atoms with van der Waals surface area (Å²) in [4.78, 5) is 28.4. The number of para-hydroxylation sites is 2. The van der Waals surface area contributed by atoms with Gasteiger partial charge in [-0.05, 0) is 36.1 Å². The highest BCUT2D eigenvalue weighted by Gasteiger charge is 2.14. The number of aromatic nitrogens is 2. The van der Waals surface area contributed by atoms with Crippen LogP contribution in [0.4, 0.5) is 0 Å². The molecule has 0 aliphatic heterocycles. The molecule has 2 aromatic carbocycles. The van der Waals surface area contributed by atoms with Gasteiger partial charge in [-0.25, -0.2) is 9.78 Å². The Hall–Kier alpha value is -2.80. The highest BCUT2D eigenvalue weighted by Crippen LogP contribution is 2.19. The lowest BCUT2D eigenvalue weighted by Crippen LogP contribution is -2.15. The van der Waals surface area contributed by atoms with Crippen molar-refractivity contribution in [3.63, 3.8) is 0 Å². The van der Waals surface area contributed by atoms with Crippen LogP contribution in [0.3, 0.4) is 0 Å². The average molecular weight is 384 g/mol. The van der Waals surface area contributed by atoms with Gasteiger partial charge in [0.2, 0.25) is 0 Å². The molecule has 0 aliphatic rings. The van der Waals surface area contributed by atoms with Gasteiger partial charge < -0.3 is 14.0 Å². The zero-order chi connectivity index (χ0) is 19.2. The van der Waals surface area contributed by atoms with Crippen molar-refractivity contribution >= 4 is 34.7 Å². The molecule has 0 fully saturated rings. The third kappa shape index (κ3) is 4.49. The summed E-state index contributed by atoms with van der Waals surface area (Å²) in [7, 11) is 1.34. The lowest BCUT2D eigenvalue weighted by Gasteiger charge is -2.09. The van der Waals surface area contributed by atoms with Gasteiger partial charge in [0.1, 0.15) is 19.0 Å². The van der Waals surface area contributed by atoms with Gasteiger partial charge in [0.25, 0.3) is 0 Å². The summed E-state index contributed by atoms with van der Waals surface area (Å²) in [6.07, 6.45) is 2.00. The number of methoxy groups -OCH3 is 1. The van der Waals surface area contributed by atoms with Crippen molar-refractivity contribution in [2.45, 2.75) is 18.9 Å². The molecule has 3 aromatic rings. The Labute approximate surface area is 161 Å². The number of nitrogens with zero attached hydrogens (tertiary/aromatic N) is 2. The van der Waals surface area contributed by atoms with Crippen LogP contribution in [0.2, 0.25) is 0 Å². The zero-order valence-corrected chi connectivity index (χ0v) is 16.0. The maximum absolute atomic E-state index is 12.4. The smallest absolute Gasteiger partial charge is 0.337 e. The number of hydrogen-bond acceptors (Lipinski definition) is 6. The van der Waals surface area contributed by atoms with E-state index in [1.807, 2.05) is 35.1 Å². The molecule has 0 amide bonds. The molecule has 140 valence electrons. The van der Waals surface area contributed by atoms with Gasteiger partial charge in [-0.15, -0.1) is 0 Å². The molecule has 0 N–H and O–H groups in total. The lowest BCUT2D eigenvalue weighted by atomic mass is 10.1. The Bertz CT molecular complexity index is 950. The van der Waals surface area contributed by atoms with Crippen LogP contribution >= 0.6 is 11.8 Å². The van der Waals surface area contributed by atoms with Crippen molar-refractivity contribution < 1.29 is 19.1 Å². The molecule has 0 radical (unpaired) electrons. The lowest BCUT2D eigenvalue weighted by molar-refractivity contribution is -0.145. The van der Waals surface area contributed by atoms with E-state index in [1.165, 1.54) is 7.11 Å². The minimum absolute atomic E-state index is 0.108. The van der Waals surface area contributed by atoms with Gasteiger partial charge in [-0.1, -0.05) is 24.3 Å². The van der Waals surface area contributed by atoms with Crippen molar-refractivity contribution in [3.8, 4) is 0 Å². The fraction of sp³-hybridized carbons (Fsp3) is 0.250. The van der Waals surface area contributed by atoms with E-state index in [-0.39, 0.29) is 19.1 Å².